The van der Waals surface area contributed by atoms with Gasteiger partial charge in [0.15, 0.2) is 5.78 Å². The number of hydrogen-bond acceptors (Lipinski definition) is 6. The first kappa shape index (κ1) is 24.9. The molecule has 2 aromatic rings. The summed E-state index contributed by atoms with van der Waals surface area (Å²) in [6.07, 6.45) is 0. The zero-order chi connectivity index (χ0) is 24.3. The van der Waals surface area contributed by atoms with Crippen LogP contribution in [0.25, 0.3) is 0 Å². The summed E-state index contributed by atoms with van der Waals surface area (Å²) in [4.78, 5) is 28.9. The number of Topliss-reactive ketones (excluding diaryl/α,β-unsaturated/α-hetero) is 1. The van der Waals surface area contributed by atoms with Crippen LogP contribution in [0.15, 0.2) is 47.4 Å². The fourth-order valence-electron chi connectivity index (χ4n) is 3.78. The summed E-state index contributed by atoms with van der Waals surface area (Å²) in [6, 6.07) is 12.0. The molecule has 1 aliphatic rings. The number of carbonyl (C=O) groups excluding carboxylic acids is 2. The quantitative estimate of drug-likeness (QED) is 0.623. The van der Waals surface area contributed by atoms with E-state index in [0.717, 1.165) is 41.7 Å². The molecule has 178 valence electrons. The molecule has 0 aliphatic carbocycles. The third kappa shape index (κ3) is 5.61. The minimum atomic E-state index is -3.59. The number of sulfonamides is 1. The van der Waals surface area contributed by atoms with Gasteiger partial charge in [-0.1, -0.05) is 6.07 Å². The molecule has 1 aliphatic heterocycles. The number of piperazine rings is 1. The summed E-state index contributed by atoms with van der Waals surface area (Å²) >= 11 is 0. The van der Waals surface area contributed by atoms with E-state index in [-0.39, 0.29) is 22.6 Å². The molecular formula is C24H32N4O4S. The number of rotatable bonds is 7. The smallest absolute Gasteiger partial charge is 0.242 e. The predicted octanol–water partition coefficient (Wildman–Crippen LogP) is 2.60. The van der Waals surface area contributed by atoms with Crippen LogP contribution >= 0.6 is 0 Å². The van der Waals surface area contributed by atoms with Crippen LogP contribution in [0.5, 0.6) is 0 Å². The Morgan fingerprint density at radius 2 is 1.61 bits per heavy atom. The van der Waals surface area contributed by atoms with Crippen LogP contribution in [0.2, 0.25) is 0 Å². The summed E-state index contributed by atoms with van der Waals surface area (Å²) in [5, 5.41) is 2.91. The summed E-state index contributed by atoms with van der Waals surface area (Å²) in [5.74, 6) is -0.122. The van der Waals surface area contributed by atoms with Crippen molar-refractivity contribution in [1.82, 2.24) is 9.21 Å². The van der Waals surface area contributed by atoms with Gasteiger partial charge in [-0.3, -0.25) is 14.5 Å². The van der Waals surface area contributed by atoms with Crippen molar-refractivity contribution in [2.75, 3.05) is 50.5 Å². The maximum atomic E-state index is 13.0. The average Bonchev–Trinajstić information content (AvgIpc) is 2.79. The van der Waals surface area contributed by atoms with Crippen molar-refractivity contribution in [3.8, 4) is 0 Å². The van der Waals surface area contributed by atoms with E-state index in [1.165, 1.54) is 20.2 Å². The molecule has 0 bridgehead atoms. The van der Waals surface area contributed by atoms with Crippen molar-refractivity contribution in [1.29, 1.82) is 0 Å². The lowest BCUT2D eigenvalue weighted by molar-refractivity contribution is -0.120. The van der Waals surface area contributed by atoms with E-state index in [1.807, 2.05) is 38.1 Å². The molecule has 1 amide bonds. The molecule has 0 unspecified atom stereocenters. The molecular weight excluding hydrogens is 440 g/mol. The molecule has 1 fully saturated rings. The average molecular weight is 473 g/mol. The van der Waals surface area contributed by atoms with E-state index >= 15 is 0 Å². The maximum Gasteiger partial charge on any atom is 0.242 e. The van der Waals surface area contributed by atoms with Crippen LogP contribution in [0.4, 0.5) is 11.4 Å². The number of hydrogen-bond donors (Lipinski definition) is 1. The second kappa shape index (κ2) is 10.0. The summed E-state index contributed by atoms with van der Waals surface area (Å²) < 4.78 is 26.0. The van der Waals surface area contributed by atoms with E-state index in [4.69, 9.17) is 0 Å². The van der Waals surface area contributed by atoms with E-state index in [1.54, 1.807) is 19.1 Å². The van der Waals surface area contributed by atoms with Gasteiger partial charge in [-0.15, -0.1) is 0 Å². The zero-order valence-electron chi connectivity index (χ0n) is 19.8. The molecule has 0 aromatic heterocycles. The first-order chi connectivity index (χ1) is 15.5. The van der Waals surface area contributed by atoms with Gasteiger partial charge in [-0.05, 0) is 62.7 Å². The maximum absolute atomic E-state index is 13.0. The van der Waals surface area contributed by atoms with Gasteiger partial charge in [0.05, 0.1) is 10.9 Å². The third-order valence-electron chi connectivity index (χ3n) is 6.13. The fourth-order valence-corrected chi connectivity index (χ4v) is 4.71. The Labute approximate surface area is 196 Å². The van der Waals surface area contributed by atoms with Gasteiger partial charge < -0.3 is 10.2 Å². The molecule has 1 heterocycles. The Morgan fingerprint density at radius 3 is 2.15 bits per heavy atom. The van der Waals surface area contributed by atoms with Crippen molar-refractivity contribution < 1.29 is 18.0 Å². The number of nitrogens with zero attached hydrogens (tertiary/aromatic N) is 3. The van der Waals surface area contributed by atoms with Crippen LogP contribution in [0.1, 0.15) is 29.8 Å². The molecule has 0 spiro atoms. The second-order valence-corrected chi connectivity index (χ2v) is 10.7. The van der Waals surface area contributed by atoms with E-state index in [2.05, 4.69) is 15.1 Å². The normalized spacial score (nSPS) is 16.0. The van der Waals surface area contributed by atoms with Gasteiger partial charge in [0.25, 0.3) is 0 Å². The summed E-state index contributed by atoms with van der Waals surface area (Å²) in [6.45, 7) is 8.23. The highest BCUT2D eigenvalue weighted by atomic mass is 32.2. The van der Waals surface area contributed by atoms with Crippen LogP contribution in [0.3, 0.4) is 0 Å². The van der Waals surface area contributed by atoms with Crippen molar-refractivity contribution in [3.05, 3.63) is 53.6 Å². The Balaban J connectivity index is 1.63. The van der Waals surface area contributed by atoms with Gasteiger partial charge in [-0.25, -0.2) is 12.7 Å². The third-order valence-corrected chi connectivity index (χ3v) is 7.94. The number of carbonyl (C=O) groups is 2. The van der Waals surface area contributed by atoms with Gasteiger partial charge in [0.1, 0.15) is 0 Å². The Bertz CT molecular complexity index is 1120. The predicted molar refractivity (Wildman–Crippen MR) is 130 cm³/mol. The monoisotopic (exact) mass is 472 g/mol. The van der Waals surface area contributed by atoms with Gasteiger partial charge in [0, 0.05) is 57.2 Å². The molecule has 1 N–H and O–H groups in total. The number of benzene rings is 2. The molecule has 3 rings (SSSR count). The second-order valence-electron chi connectivity index (χ2n) is 8.56. The molecule has 0 saturated carbocycles. The van der Waals surface area contributed by atoms with Gasteiger partial charge >= 0.3 is 0 Å². The highest BCUT2D eigenvalue weighted by molar-refractivity contribution is 7.89. The molecule has 1 atom stereocenters. The Morgan fingerprint density at radius 1 is 1.00 bits per heavy atom. The van der Waals surface area contributed by atoms with E-state index in [0.29, 0.717) is 11.3 Å². The fraction of sp³-hybridized carbons (Fsp3) is 0.417. The van der Waals surface area contributed by atoms with Crippen molar-refractivity contribution in [3.63, 3.8) is 0 Å². The van der Waals surface area contributed by atoms with E-state index < -0.39 is 10.0 Å². The Kier molecular flexibility index (Phi) is 7.56. The highest BCUT2D eigenvalue weighted by Crippen LogP contribution is 2.23. The van der Waals surface area contributed by atoms with E-state index in [9.17, 15) is 18.0 Å². The topological polar surface area (TPSA) is 90.0 Å². The molecule has 9 heteroatoms. The SMILES string of the molecule is CC(=O)c1ccc(N2CCN([C@@H](C)C(=O)Nc3cc(S(=O)(=O)N(C)C)ccc3C)CC2)cc1. The van der Waals surface area contributed by atoms with Crippen molar-refractivity contribution in [2.24, 2.45) is 0 Å². The Hall–Kier alpha value is -2.75. The minimum Gasteiger partial charge on any atom is -0.369 e. The number of amides is 1. The van der Waals surface area contributed by atoms with Crippen molar-refractivity contribution in [2.45, 2.75) is 31.7 Å². The first-order valence-electron chi connectivity index (χ1n) is 10.9. The lowest BCUT2D eigenvalue weighted by Gasteiger charge is -2.38. The molecule has 0 radical (unpaired) electrons. The minimum absolute atomic E-state index is 0.0475. The zero-order valence-corrected chi connectivity index (χ0v) is 20.6. The van der Waals surface area contributed by atoms with Gasteiger partial charge in [0.2, 0.25) is 15.9 Å². The number of aryl methyl sites for hydroxylation is 1. The molecule has 2 aromatic carbocycles. The largest absolute Gasteiger partial charge is 0.369 e. The lowest BCUT2D eigenvalue weighted by Crippen LogP contribution is -2.52. The summed E-state index contributed by atoms with van der Waals surface area (Å²) in [5.41, 5.74) is 3.05. The van der Waals surface area contributed by atoms with Gasteiger partial charge in [-0.2, -0.15) is 0 Å². The number of ketones is 1. The highest BCUT2D eigenvalue weighted by Gasteiger charge is 2.26. The number of anilines is 2. The standard InChI is InChI=1S/C24H32N4O4S/c1-17-6-11-22(33(31,32)26(4)5)16-23(17)25-24(30)18(2)27-12-14-28(15-13-27)21-9-7-20(8-10-21)19(3)29/h6-11,16,18H,12-15H2,1-5H3,(H,25,30)/t18-/m0/s1. The summed E-state index contributed by atoms with van der Waals surface area (Å²) in [7, 11) is -0.627. The van der Waals surface area contributed by atoms with Crippen LogP contribution in [-0.2, 0) is 14.8 Å². The number of nitrogens with one attached hydrogen (secondary N) is 1. The van der Waals surface area contributed by atoms with Crippen LogP contribution < -0.4 is 10.2 Å². The van der Waals surface area contributed by atoms with Crippen molar-refractivity contribution >= 4 is 33.1 Å². The molecule has 8 nitrogen and oxygen atoms in total. The lowest BCUT2D eigenvalue weighted by atomic mass is 10.1. The van der Waals surface area contributed by atoms with Crippen LogP contribution in [0, 0.1) is 6.92 Å². The molecule has 1 saturated heterocycles. The molecule has 33 heavy (non-hydrogen) atoms. The van der Waals surface area contributed by atoms with Crippen LogP contribution in [-0.4, -0.2) is 75.6 Å². The first-order valence-corrected chi connectivity index (χ1v) is 12.4.